The van der Waals surface area contributed by atoms with E-state index in [1.165, 1.54) is 32.1 Å². The standard InChI is InChI=1S/C14H21N3/c1-10-6-7-12(15)14(16-10)17-9-8-11-4-2-3-5-13(11)17/h6-7,11,13H,2-5,8-9,15H2,1H3. The van der Waals surface area contributed by atoms with Gasteiger partial charge in [0.1, 0.15) is 0 Å². The molecule has 1 saturated carbocycles. The lowest BCUT2D eigenvalue weighted by atomic mass is 9.85. The largest absolute Gasteiger partial charge is 0.396 e. The van der Waals surface area contributed by atoms with Crippen LogP contribution < -0.4 is 10.6 Å². The average molecular weight is 231 g/mol. The minimum Gasteiger partial charge on any atom is -0.396 e. The molecule has 0 bridgehead atoms. The van der Waals surface area contributed by atoms with Crippen molar-refractivity contribution in [1.29, 1.82) is 0 Å². The predicted molar refractivity (Wildman–Crippen MR) is 71.1 cm³/mol. The van der Waals surface area contributed by atoms with Gasteiger partial charge in [0.25, 0.3) is 0 Å². The molecule has 17 heavy (non-hydrogen) atoms. The number of pyridine rings is 1. The summed E-state index contributed by atoms with van der Waals surface area (Å²) in [6.07, 6.45) is 6.81. The molecule has 1 aliphatic carbocycles. The number of aromatic nitrogens is 1. The van der Waals surface area contributed by atoms with E-state index >= 15 is 0 Å². The van der Waals surface area contributed by atoms with Crippen molar-refractivity contribution in [2.75, 3.05) is 17.2 Å². The molecule has 1 aromatic rings. The zero-order valence-corrected chi connectivity index (χ0v) is 10.5. The van der Waals surface area contributed by atoms with Crippen molar-refractivity contribution in [3.05, 3.63) is 17.8 Å². The third kappa shape index (κ3) is 1.88. The molecule has 0 aromatic carbocycles. The number of hydrogen-bond donors (Lipinski definition) is 1. The second-order valence-corrected chi connectivity index (χ2v) is 5.46. The summed E-state index contributed by atoms with van der Waals surface area (Å²) >= 11 is 0. The Hall–Kier alpha value is -1.25. The highest BCUT2D eigenvalue weighted by Gasteiger charge is 2.36. The summed E-state index contributed by atoms with van der Waals surface area (Å²) < 4.78 is 0. The lowest BCUT2D eigenvalue weighted by Gasteiger charge is -2.33. The van der Waals surface area contributed by atoms with Crippen LogP contribution in [0.5, 0.6) is 0 Å². The molecule has 1 aliphatic heterocycles. The molecule has 92 valence electrons. The summed E-state index contributed by atoms with van der Waals surface area (Å²) in [5, 5.41) is 0. The number of rotatable bonds is 1. The summed E-state index contributed by atoms with van der Waals surface area (Å²) in [7, 11) is 0. The second-order valence-electron chi connectivity index (χ2n) is 5.46. The Kier molecular flexibility index (Phi) is 2.69. The Morgan fingerprint density at radius 3 is 2.94 bits per heavy atom. The van der Waals surface area contributed by atoms with Crippen molar-refractivity contribution in [2.45, 2.75) is 45.1 Å². The Morgan fingerprint density at radius 1 is 1.24 bits per heavy atom. The Balaban J connectivity index is 1.91. The summed E-state index contributed by atoms with van der Waals surface area (Å²) in [6, 6.07) is 4.68. The Morgan fingerprint density at radius 2 is 2.06 bits per heavy atom. The van der Waals surface area contributed by atoms with Gasteiger partial charge in [-0.3, -0.25) is 0 Å². The van der Waals surface area contributed by atoms with Crippen LogP contribution in [0.1, 0.15) is 37.8 Å². The van der Waals surface area contributed by atoms with Crippen molar-refractivity contribution in [3.8, 4) is 0 Å². The van der Waals surface area contributed by atoms with Gasteiger partial charge < -0.3 is 10.6 Å². The normalized spacial score (nSPS) is 28.2. The highest BCUT2D eigenvalue weighted by atomic mass is 15.2. The molecule has 3 rings (SSSR count). The van der Waals surface area contributed by atoms with E-state index in [1.54, 1.807) is 0 Å². The van der Waals surface area contributed by atoms with Gasteiger partial charge in [0, 0.05) is 18.3 Å². The third-order valence-corrected chi connectivity index (χ3v) is 4.33. The number of nitrogens with zero attached hydrogens (tertiary/aromatic N) is 2. The first-order valence-corrected chi connectivity index (χ1v) is 6.75. The van der Waals surface area contributed by atoms with Crippen molar-refractivity contribution in [3.63, 3.8) is 0 Å². The first kappa shape index (κ1) is 10.9. The van der Waals surface area contributed by atoms with Gasteiger partial charge in [-0.25, -0.2) is 4.98 Å². The van der Waals surface area contributed by atoms with Gasteiger partial charge in [0.2, 0.25) is 0 Å². The van der Waals surface area contributed by atoms with Crippen LogP contribution in [0, 0.1) is 12.8 Å². The molecule has 2 heterocycles. The van der Waals surface area contributed by atoms with E-state index in [2.05, 4.69) is 9.88 Å². The van der Waals surface area contributed by atoms with Crippen molar-refractivity contribution >= 4 is 11.5 Å². The zero-order valence-electron chi connectivity index (χ0n) is 10.5. The monoisotopic (exact) mass is 231 g/mol. The molecular weight excluding hydrogens is 210 g/mol. The van der Waals surface area contributed by atoms with Gasteiger partial charge in [-0.1, -0.05) is 12.8 Å². The number of fused-ring (bicyclic) bond motifs is 1. The lowest BCUT2D eigenvalue weighted by molar-refractivity contribution is 0.341. The van der Waals surface area contributed by atoms with E-state index < -0.39 is 0 Å². The lowest BCUT2D eigenvalue weighted by Crippen LogP contribution is -2.35. The first-order valence-electron chi connectivity index (χ1n) is 6.75. The van der Waals surface area contributed by atoms with Gasteiger partial charge in [-0.05, 0) is 44.2 Å². The molecule has 2 N–H and O–H groups in total. The van der Waals surface area contributed by atoms with Crippen LogP contribution in [0.3, 0.4) is 0 Å². The zero-order chi connectivity index (χ0) is 11.8. The fourth-order valence-corrected chi connectivity index (χ4v) is 3.45. The van der Waals surface area contributed by atoms with Gasteiger partial charge in [0.05, 0.1) is 5.69 Å². The smallest absolute Gasteiger partial charge is 0.152 e. The van der Waals surface area contributed by atoms with Crippen molar-refractivity contribution < 1.29 is 0 Å². The van der Waals surface area contributed by atoms with E-state index in [1.807, 2.05) is 19.1 Å². The molecule has 2 unspecified atom stereocenters. The van der Waals surface area contributed by atoms with Crippen molar-refractivity contribution in [1.82, 2.24) is 4.98 Å². The maximum absolute atomic E-state index is 6.09. The SMILES string of the molecule is Cc1ccc(N)c(N2CCC3CCCCC32)n1. The maximum atomic E-state index is 6.09. The Labute approximate surface area is 103 Å². The van der Waals surface area contributed by atoms with E-state index in [0.717, 1.165) is 29.7 Å². The molecule has 3 nitrogen and oxygen atoms in total. The fourth-order valence-electron chi connectivity index (χ4n) is 3.45. The quantitative estimate of drug-likeness (QED) is 0.808. The molecule has 2 aliphatic rings. The minimum absolute atomic E-state index is 0.695. The molecular formula is C14H21N3. The summed E-state index contributed by atoms with van der Waals surface area (Å²) in [5.41, 5.74) is 7.99. The maximum Gasteiger partial charge on any atom is 0.152 e. The number of anilines is 2. The van der Waals surface area contributed by atoms with E-state index in [4.69, 9.17) is 5.73 Å². The number of aryl methyl sites for hydroxylation is 1. The number of nitrogen functional groups attached to an aromatic ring is 1. The highest BCUT2D eigenvalue weighted by Crippen LogP contribution is 2.39. The van der Waals surface area contributed by atoms with Gasteiger partial charge in [-0.2, -0.15) is 0 Å². The number of nitrogens with two attached hydrogens (primary N) is 1. The fraction of sp³-hybridized carbons (Fsp3) is 0.643. The minimum atomic E-state index is 0.695. The van der Waals surface area contributed by atoms with Crippen LogP contribution in [0.15, 0.2) is 12.1 Å². The molecule has 0 radical (unpaired) electrons. The highest BCUT2D eigenvalue weighted by molar-refractivity contribution is 5.64. The molecule has 0 spiro atoms. The summed E-state index contributed by atoms with van der Waals surface area (Å²) in [5.74, 6) is 1.91. The predicted octanol–water partition coefficient (Wildman–Crippen LogP) is 2.74. The molecule has 1 saturated heterocycles. The average Bonchev–Trinajstić information content (AvgIpc) is 2.76. The topological polar surface area (TPSA) is 42.1 Å². The van der Waals surface area contributed by atoms with Crippen LogP contribution in [0.25, 0.3) is 0 Å². The van der Waals surface area contributed by atoms with Crippen LogP contribution >= 0.6 is 0 Å². The van der Waals surface area contributed by atoms with Crippen LogP contribution in [-0.4, -0.2) is 17.6 Å². The van der Waals surface area contributed by atoms with Crippen LogP contribution in [-0.2, 0) is 0 Å². The molecule has 0 amide bonds. The molecule has 1 aromatic heterocycles. The van der Waals surface area contributed by atoms with E-state index in [9.17, 15) is 0 Å². The van der Waals surface area contributed by atoms with Gasteiger partial charge >= 0.3 is 0 Å². The molecule has 3 heteroatoms. The first-order chi connectivity index (χ1) is 8.25. The Bertz CT molecular complexity index is 416. The van der Waals surface area contributed by atoms with E-state index in [0.29, 0.717) is 6.04 Å². The third-order valence-electron chi connectivity index (χ3n) is 4.33. The van der Waals surface area contributed by atoms with Gasteiger partial charge in [0.15, 0.2) is 5.82 Å². The number of hydrogen-bond acceptors (Lipinski definition) is 3. The molecule has 2 atom stereocenters. The second kappa shape index (κ2) is 4.21. The van der Waals surface area contributed by atoms with Gasteiger partial charge in [-0.15, -0.1) is 0 Å². The van der Waals surface area contributed by atoms with Crippen LogP contribution in [0.4, 0.5) is 11.5 Å². The molecule has 2 fully saturated rings. The summed E-state index contributed by atoms with van der Waals surface area (Å²) in [6.45, 7) is 3.17. The van der Waals surface area contributed by atoms with E-state index in [-0.39, 0.29) is 0 Å². The summed E-state index contributed by atoms with van der Waals surface area (Å²) in [4.78, 5) is 7.11. The van der Waals surface area contributed by atoms with Crippen LogP contribution in [0.2, 0.25) is 0 Å². The van der Waals surface area contributed by atoms with Crippen molar-refractivity contribution in [2.24, 2.45) is 5.92 Å².